The SMILES string of the molecule is CCCN1C(=O)C(=O)/C(=C(/O)c2cc(C)ccc2OC)C1c1ccc(OC(C)C)cc1. The molecule has 31 heavy (non-hydrogen) atoms. The number of carbonyl (C=O) groups is 2. The summed E-state index contributed by atoms with van der Waals surface area (Å²) in [5.74, 6) is -0.398. The molecule has 2 aromatic carbocycles. The second kappa shape index (κ2) is 9.25. The molecular formula is C25H29NO5. The van der Waals surface area contributed by atoms with E-state index in [2.05, 4.69) is 0 Å². The number of hydrogen-bond donors (Lipinski definition) is 1. The first-order valence-electron chi connectivity index (χ1n) is 10.5. The van der Waals surface area contributed by atoms with E-state index < -0.39 is 17.7 Å². The highest BCUT2D eigenvalue weighted by atomic mass is 16.5. The second-order valence-corrected chi connectivity index (χ2v) is 7.93. The molecule has 1 unspecified atom stereocenters. The first-order valence-corrected chi connectivity index (χ1v) is 10.5. The Morgan fingerprint density at radius 1 is 1.13 bits per heavy atom. The van der Waals surface area contributed by atoms with Gasteiger partial charge in [-0.1, -0.05) is 30.7 Å². The van der Waals surface area contributed by atoms with Gasteiger partial charge in [-0.05, 0) is 57.0 Å². The summed E-state index contributed by atoms with van der Waals surface area (Å²) in [7, 11) is 1.50. The van der Waals surface area contributed by atoms with Gasteiger partial charge in [0, 0.05) is 6.54 Å². The maximum Gasteiger partial charge on any atom is 0.295 e. The Bertz CT molecular complexity index is 1010. The number of methoxy groups -OCH3 is 1. The lowest BCUT2D eigenvalue weighted by molar-refractivity contribution is -0.139. The van der Waals surface area contributed by atoms with E-state index in [1.165, 1.54) is 12.0 Å². The van der Waals surface area contributed by atoms with Gasteiger partial charge < -0.3 is 19.5 Å². The van der Waals surface area contributed by atoms with Crippen molar-refractivity contribution < 1.29 is 24.2 Å². The molecule has 6 heteroatoms. The highest BCUT2D eigenvalue weighted by Gasteiger charge is 2.45. The lowest BCUT2D eigenvalue weighted by Crippen LogP contribution is -2.30. The largest absolute Gasteiger partial charge is 0.507 e. The topological polar surface area (TPSA) is 76.1 Å². The average molecular weight is 424 g/mol. The van der Waals surface area contributed by atoms with Crippen molar-refractivity contribution in [2.45, 2.75) is 46.3 Å². The molecule has 0 bridgehead atoms. The molecule has 0 aliphatic carbocycles. The number of Topliss-reactive ketones (excluding diaryl/α,β-unsaturated/α-hetero) is 1. The third kappa shape index (κ3) is 4.43. The molecule has 2 aromatic rings. The molecule has 164 valence electrons. The normalized spacial score (nSPS) is 18.0. The van der Waals surface area contributed by atoms with Gasteiger partial charge in [0.05, 0.1) is 30.4 Å². The van der Waals surface area contributed by atoms with Crippen molar-refractivity contribution in [2.24, 2.45) is 0 Å². The van der Waals surface area contributed by atoms with Gasteiger partial charge in [-0.15, -0.1) is 0 Å². The number of rotatable bonds is 7. The van der Waals surface area contributed by atoms with Crippen molar-refractivity contribution in [1.82, 2.24) is 4.90 Å². The zero-order valence-electron chi connectivity index (χ0n) is 18.6. The van der Waals surface area contributed by atoms with Crippen LogP contribution in [0.25, 0.3) is 5.76 Å². The minimum absolute atomic E-state index is 0.0327. The van der Waals surface area contributed by atoms with Crippen molar-refractivity contribution in [3.05, 3.63) is 64.7 Å². The summed E-state index contributed by atoms with van der Waals surface area (Å²) in [5.41, 5.74) is 2.09. The van der Waals surface area contributed by atoms with Crippen LogP contribution in [0.4, 0.5) is 0 Å². The van der Waals surface area contributed by atoms with E-state index in [4.69, 9.17) is 9.47 Å². The van der Waals surface area contributed by atoms with Crippen LogP contribution < -0.4 is 9.47 Å². The molecule has 1 aliphatic rings. The Hall–Kier alpha value is -3.28. The van der Waals surface area contributed by atoms with Gasteiger partial charge in [-0.3, -0.25) is 9.59 Å². The fourth-order valence-corrected chi connectivity index (χ4v) is 3.85. The molecule has 0 radical (unpaired) electrons. The number of aliphatic hydroxyl groups is 1. The van der Waals surface area contributed by atoms with Crippen LogP contribution in [-0.4, -0.2) is 41.5 Å². The molecule has 1 aliphatic heterocycles. The van der Waals surface area contributed by atoms with Crippen LogP contribution in [0.5, 0.6) is 11.5 Å². The minimum atomic E-state index is -0.693. The molecular weight excluding hydrogens is 394 g/mol. The molecule has 1 fully saturated rings. The van der Waals surface area contributed by atoms with Crippen LogP contribution in [0.1, 0.15) is 49.9 Å². The fraction of sp³-hybridized carbons (Fsp3) is 0.360. The number of ketones is 1. The summed E-state index contributed by atoms with van der Waals surface area (Å²) in [6.45, 7) is 8.12. The quantitative estimate of drug-likeness (QED) is 0.399. The maximum absolute atomic E-state index is 13.0. The summed E-state index contributed by atoms with van der Waals surface area (Å²) in [6.07, 6.45) is 0.719. The van der Waals surface area contributed by atoms with Gasteiger partial charge in [-0.2, -0.15) is 0 Å². The lowest BCUT2D eigenvalue weighted by Gasteiger charge is -2.25. The lowest BCUT2D eigenvalue weighted by atomic mass is 9.94. The number of amides is 1. The highest BCUT2D eigenvalue weighted by molar-refractivity contribution is 6.46. The average Bonchev–Trinajstić information content (AvgIpc) is 2.98. The monoisotopic (exact) mass is 423 g/mol. The van der Waals surface area contributed by atoms with Gasteiger partial charge in [0.2, 0.25) is 0 Å². The van der Waals surface area contributed by atoms with E-state index in [0.29, 0.717) is 30.0 Å². The van der Waals surface area contributed by atoms with Crippen LogP contribution in [0.15, 0.2) is 48.0 Å². The summed E-state index contributed by atoms with van der Waals surface area (Å²) >= 11 is 0. The van der Waals surface area contributed by atoms with E-state index in [1.54, 1.807) is 12.1 Å². The smallest absolute Gasteiger partial charge is 0.295 e. The van der Waals surface area contributed by atoms with Crippen LogP contribution in [0.3, 0.4) is 0 Å². The van der Waals surface area contributed by atoms with Crippen molar-refractivity contribution in [1.29, 1.82) is 0 Å². The van der Waals surface area contributed by atoms with E-state index in [-0.39, 0.29) is 17.4 Å². The zero-order chi connectivity index (χ0) is 22.7. The summed E-state index contributed by atoms with van der Waals surface area (Å²) < 4.78 is 11.1. The van der Waals surface area contributed by atoms with Crippen molar-refractivity contribution in [3.8, 4) is 11.5 Å². The number of ether oxygens (including phenoxy) is 2. The Balaban J connectivity index is 2.17. The van der Waals surface area contributed by atoms with Gasteiger partial charge in [0.1, 0.15) is 17.3 Å². The summed E-state index contributed by atoms with van der Waals surface area (Å²) in [5, 5.41) is 11.2. The molecule has 1 heterocycles. The third-order valence-corrected chi connectivity index (χ3v) is 5.18. The van der Waals surface area contributed by atoms with E-state index in [9.17, 15) is 14.7 Å². The van der Waals surface area contributed by atoms with Gasteiger partial charge in [0.25, 0.3) is 11.7 Å². The van der Waals surface area contributed by atoms with Crippen LogP contribution in [0.2, 0.25) is 0 Å². The number of carbonyl (C=O) groups excluding carboxylic acids is 2. The highest BCUT2D eigenvalue weighted by Crippen LogP contribution is 2.41. The molecule has 0 aromatic heterocycles. The number of nitrogens with zero attached hydrogens (tertiary/aromatic N) is 1. The Labute approximate surface area is 183 Å². The standard InChI is InChI=1S/C25H29NO5/c1-6-13-26-22(17-8-10-18(11-9-17)31-15(2)3)21(24(28)25(26)29)23(27)19-14-16(4)7-12-20(19)30-5/h7-12,14-15,22,27H,6,13H2,1-5H3/b23-21+. The molecule has 3 rings (SSSR count). The molecule has 0 saturated carbocycles. The molecule has 1 atom stereocenters. The number of benzene rings is 2. The van der Waals surface area contributed by atoms with E-state index in [1.807, 2.05) is 58.0 Å². The Morgan fingerprint density at radius 3 is 2.39 bits per heavy atom. The number of aryl methyl sites for hydroxylation is 1. The third-order valence-electron chi connectivity index (χ3n) is 5.18. The Morgan fingerprint density at radius 2 is 1.81 bits per heavy atom. The van der Waals surface area contributed by atoms with Crippen LogP contribution in [0, 0.1) is 6.92 Å². The zero-order valence-corrected chi connectivity index (χ0v) is 18.6. The molecule has 1 amide bonds. The first-order chi connectivity index (χ1) is 14.8. The number of aliphatic hydroxyl groups excluding tert-OH is 1. The number of hydrogen-bond acceptors (Lipinski definition) is 5. The van der Waals surface area contributed by atoms with Gasteiger partial charge in [-0.25, -0.2) is 0 Å². The van der Waals surface area contributed by atoms with E-state index in [0.717, 1.165) is 11.1 Å². The molecule has 1 N–H and O–H groups in total. The second-order valence-electron chi connectivity index (χ2n) is 7.93. The van der Waals surface area contributed by atoms with Gasteiger partial charge >= 0.3 is 0 Å². The molecule has 1 saturated heterocycles. The predicted octanol–water partition coefficient (Wildman–Crippen LogP) is 4.62. The maximum atomic E-state index is 13.0. The number of likely N-dealkylation sites (tertiary alicyclic amines) is 1. The summed E-state index contributed by atoms with van der Waals surface area (Å²) in [6, 6.07) is 11.9. The van der Waals surface area contributed by atoms with E-state index >= 15 is 0 Å². The Kier molecular flexibility index (Phi) is 6.68. The molecule has 0 spiro atoms. The fourth-order valence-electron chi connectivity index (χ4n) is 3.85. The predicted molar refractivity (Wildman–Crippen MR) is 119 cm³/mol. The minimum Gasteiger partial charge on any atom is -0.507 e. The first kappa shape index (κ1) is 22.4. The van der Waals surface area contributed by atoms with Gasteiger partial charge in [0.15, 0.2) is 0 Å². The summed E-state index contributed by atoms with van der Waals surface area (Å²) in [4.78, 5) is 27.4. The van der Waals surface area contributed by atoms with Crippen molar-refractivity contribution >= 4 is 17.4 Å². The van der Waals surface area contributed by atoms with Crippen LogP contribution >= 0.6 is 0 Å². The van der Waals surface area contributed by atoms with Crippen molar-refractivity contribution in [3.63, 3.8) is 0 Å². The molecule has 6 nitrogen and oxygen atoms in total. The van der Waals surface area contributed by atoms with Crippen LogP contribution in [-0.2, 0) is 9.59 Å². The van der Waals surface area contributed by atoms with Crippen molar-refractivity contribution in [2.75, 3.05) is 13.7 Å².